The summed E-state index contributed by atoms with van der Waals surface area (Å²) in [5, 5.41) is 2.47. The molecule has 1 aromatic heterocycles. The molecule has 0 fully saturated rings. The normalized spacial score (nSPS) is 10.0. The molecule has 13 heavy (non-hydrogen) atoms. The van der Waals surface area contributed by atoms with Gasteiger partial charge < -0.3 is 4.90 Å². The van der Waals surface area contributed by atoms with Crippen molar-refractivity contribution in [3.63, 3.8) is 0 Å². The molecule has 0 spiro atoms. The van der Waals surface area contributed by atoms with E-state index < -0.39 is 0 Å². The number of hydrogen-bond acceptors (Lipinski definition) is 2. The van der Waals surface area contributed by atoms with Crippen molar-refractivity contribution in [2.24, 2.45) is 0 Å². The summed E-state index contributed by atoms with van der Waals surface area (Å²) in [6.07, 6.45) is 0.951. The molecule has 0 aliphatic rings. The minimum absolute atomic E-state index is 0.136. The highest BCUT2D eigenvalue weighted by atomic mass is 79.9. The Bertz CT molecular complexity index is 261. The molecule has 0 N–H and O–H groups in total. The van der Waals surface area contributed by atoms with E-state index in [0.717, 1.165) is 13.0 Å². The van der Waals surface area contributed by atoms with Crippen LogP contribution in [-0.4, -0.2) is 29.7 Å². The van der Waals surface area contributed by atoms with E-state index in [1.165, 1.54) is 4.88 Å². The summed E-state index contributed by atoms with van der Waals surface area (Å²) in [5.74, 6) is 0.136. The molecule has 0 atom stereocenters. The monoisotopic (exact) mass is 261 g/mol. The van der Waals surface area contributed by atoms with Crippen LogP contribution in [0.1, 0.15) is 4.88 Å². The van der Waals surface area contributed by atoms with Crippen molar-refractivity contribution < 1.29 is 4.79 Å². The first-order valence-electron chi connectivity index (χ1n) is 4.06. The first-order chi connectivity index (χ1) is 6.24. The van der Waals surface area contributed by atoms with Gasteiger partial charge in [0.25, 0.3) is 0 Å². The maximum atomic E-state index is 11.2. The van der Waals surface area contributed by atoms with E-state index in [0.29, 0.717) is 5.33 Å². The maximum absolute atomic E-state index is 11.2. The summed E-state index contributed by atoms with van der Waals surface area (Å²) in [4.78, 5) is 14.2. The molecular weight excluding hydrogens is 250 g/mol. The van der Waals surface area contributed by atoms with Crippen molar-refractivity contribution in [2.45, 2.75) is 6.42 Å². The van der Waals surface area contributed by atoms with Crippen LogP contribution in [0.5, 0.6) is 0 Å². The molecule has 0 saturated carbocycles. The van der Waals surface area contributed by atoms with Crippen LogP contribution in [0.4, 0.5) is 0 Å². The van der Waals surface area contributed by atoms with Crippen LogP contribution in [0.3, 0.4) is 0 Å². The van der Waals surface area contributed by atoms with E-state index in [4.69, 9.17) is 0 Å². The molecule has 72 valence electrons. The molecular formula is C9H12BrNOS. The predicted molar refractivity (Wildman–Crippen MR) is 59.5 cm³/mol. The third kappa shape index (κ3) is 3.48. The summed E-state index contributed by atoms with van der Waals surface area (Å²) in [6, 6.07) is 4.13. The highest BCUT2D eigenvalue weighted by molar-refractivity contribution is 9.09. The molecule has 0 aliphatic heterocycles. The second-order valence-corrected chi connectivity index (χ2v) is 4.37. The fourth-order valence-corrected chi connectivity index (χ4v) is 2.09. The number of hydrogen-bond donors (Lipinski definition) is 0. The lowest BCUT2D eigenvalue weighted by molar-refractivity contribution is -0.126. The van der Waals surface area contributed by atoms with Crippen LogP contribution in [0.25, 0.3) is 0 Å². The van der Waals surface area contributed by atoms with Crippen molar-refractivity contribution in [1.82, 2.24) is 4.90 Å². The minimum atomic E-state index is 0.136. The van der Waals surface area contributed by atoms with E-state index >= 15 is 0 Å². The van der Waals surface area contributed by atoms with Gasteiger partial charge in [-0.25, -0.2) is 0 Å². The molecule has 0 saturated heterocycles. The Morgan fingerprint density at radius 1 is 1.69 bits per heavy atom. The summed E-state index contributed by atoms with van der Waals surface area (Å²) in [5.41, 5.74) is 0. The lowest BCUT2D eigenvalue weighted by atomic mass is 10.3. The quantitative estimate of drug-likeness (QED) is 0.761. The van der Waals surface area contributed by atoms with E-state index in [9.17, 15) is 4.79 Å². The summed E-state index contributed by atoms with van der Waals surface area (Å²) in [6.45, 7) is 0.797. The van der Waals surface area contributed by atoms with Gasteiger partial charge in [0.15, 0.2) is 0 Å². The van der Waals surface area contributed by atoms with Gasteiger partial charge in [-0.15, -0.1) is 11.3 Å². The van der Waals surface area contributed by atoms with Gasteiger partial charge in [-0.05, 0) is 17.9 Å². The van der Waals surface area contributed by atoms with Gasteiger partial charge >= 0.3 is 0 Å². The number of amides is 1. The summed E-state index contributed by atoms with van der Waals surface area (Å²) < 4.78 is 0. The van der Waals surface area contributed by atoms with Crippen molar-refractivity contribution >= 4 is 33.2 Å². The Hall–Kier alpha value is -0.350. The molecule has 0 radical (unpaired) electrons. The number of halogens is 1. The zero-order valence-electron chi connectivity index (χ0n) is 7.50. The number of rotatable bonds is 4. The predicted octanol–water partition coefficient (Wildman–Crippen LogP) is 2.14. The van der Waals surface area contributed by atoms with Gasteiger partial charge in [0, 0.05) is 18.5 Å². The number of carbonyl (C=O) groups is 1. The van der Waals surface area contributed by atoms with Gasteiger partial charge in [0.05, 0.1) is 5.33 Å². The van der Waals surface area contributed by atoms with Crippen molar-refractivity contribution in [3.8, 4) is 0 Å². The van der Waals surface area contributed by atoms with Crippen LogP contribution >= 0.6 is 27.3 Å². The standard InChI is InChI=1S/C9H12BrNOS/c1-11(9(12)7-10)5-4-8-3-2-6-13-8/h2-3,6H,4-5,7H2,1H3. The SMILES string of the molecule is CN(CCc1cccs1)C(=O)CBr. The second kappa shape index (κ2) is 5.40. The van der Waals surface area contributed by atoms with Gasteiger partial charge in [-0.2, -0.15) is 0 Å². The van der Waals surface area contributed by atoms with Gasteiger partial charge in [-0.1, -0.05) is 22.0 Å². The van der Waals surface area contributed by atoms with Crippen molar-refractivity contribution in [1.29, 1.82) is 0 Å². The molecule has 0 unspecified atom stereocenters. The number of thiophene rings is 1. The van der Waals surface area contributed by atoms with Gasteiger partial charge in [-0.3, -0.25) is 4.79 Å². The van der Waals surface area contributed by atoms with Crippen LogP contribution in [0, 0.1) is 0 Å². The largest absolute Gasteiger partial charge is 0.345 e. The first kappa shape index (κ1) is 10.7. The van der Waals surface area contributed by atoms with Crippen LogP contribution in [0.15, 0.2) is 17.5 Å². The summed E-state index contributed by atoms with van der Waals surface area (Å²) in [7, 11) is 1.83. The van der Waals surface area contributed by atoms with Crippen molar-refractivity contribution in [2.75, 3.05) is 18.9 Å². The second-order valence-electron chi connectivity index (χ2n) is 2.78. The average Bonchev–Trinajstić information content (AvgIpc) is 2.65. The molecule has 2 nitrogen and oxygen atoms in total. The molecule has 0 aromatic carbocycles. The van der Waals surface area contributed by atoms with E-state index in [-0.39, 0.29) is 5.91 Å². The number of likely N-dealkylation sites (N-methyl/N-ethyl adjacent to an activating group) is 1. The molecule has 4 heteroatoms. The minimum Gasteiger partial charge on any atom is -0.345 e. The van der Waals surface area contributed by atoms with Gasteiger partial charge in [0.2, 0.25) is 5.91 Å². The van der Waals surface area contributed by atoms with Gasteiger partial charge in [0.1, 0.15) is 0 Å². The molecule has 1 rings (SSSR count). The summed E-state index contributed by atoms with van der Waals surface area (Å²) >= 11 is 4.88. The molecule has 1 heterocycles. The van der Waals surface area contributed by atoms with E-state index in [1.54, 1.807) is 16.2 Å². The zero-order valence-corrected chi connectivity index (χ0v) is 9.90. The first-order valence-corrected chi connectivity index (χ1v) is 6.06. The highest BCUT2D eigenvalue weighted by Gasteiger charge is 2.05. The van der Waals surface area contributed by atoms with E-state index in [1.807, 2.05) is 13.1 Å². The lowest BCUT2D eigenvalue weighted by Gasteiger charge is -2.14. The number of carbonyl (C=O) groups excluding carboxylic acids is 1. The fraction of sp³-hybridized carbons (Fsp3) is 0.444. The number of nitrogens with zero attached hydrogens (tertiary/aromatic N) is 1. The topological polar surface area (TPSA) is 20.3 Å². The maximum Gasteiger partial charge on any atom is 0.232 e. The third-order valence-corrected chi connectivity index (χ3v) is 3.23. The molecule has 1 amide bonds. The van der Waals surface area contributed by atoms with Crippen molar-refractivity contribution in [3.05, 3.63) is 22.4 Å². The molecule has 0 bridgehead atoms. The van der Waals surface area contributed by atoms with E-state index in [2.05, 4.69) is 27.4 Å². The fourth-order valence-electron chi connectivity index (χ4n) is 0.959. The average molecular weight is 262 g/mol. The number of alkyl halides is 1. The Labute approximate surface area is 90.7 Å². The van der Waals surface area contributed by atoms with Crippen LogP contribution in [-0.2, 0) is 11.2 Å². The zero-order chi connectivity index (χ0) is 9.68. The Balaban J connectivity index is 2.30. The highest BCUT2D eigenvalue weighted by Crippen LogP contribution is 2.09. The molecule has 0 aliphatic carbocycles. The lowest BCUT2D eigenvalue weighted by Crippen LogP contribution is -2.29. The molecule has 1 aromatic rings. The smallest absolute Gasteiger partial charge is 0.232 e. The Morgan fingerprint density at radius 2 is 2.46 bits per heavy atom. The van der Waals surface area contributed by atoms with Crippen LogP contribution < -0.4 is 0 Å². The van der Waals surface area contributed by atoms with Crippen LogP contribution in [0.2, 0.25) is 0 Å². The third-order valence-electron chi connectivity index (χ3n) is 1.81. The Kier molecular flexibility index (Phi) is 4.45. The Morgan fingerprint density at radius 3 is 3.00 bits per heavy atom.